The lowest BCUT2D eigenvalue weighted by Crippen LogP contribution is -2.27. The van der Waals surface area contributed by atoms with Crippen LogP contribution in [0.25, 0.3) is 5.69 Å². The minimum Gasteiger partial charge on any atom is -0.355 e. The summed E-state index contributed by atoms with van der Waals surface area (Å²) < 4.78 is 1.84. The zero-order chi connectivity index (χ0) is 17.5. The van der Waals surface area contributed by atoms with E-state index in [-0.39, 0.29) is 5.91 Å². The van der Waals surface area contributed by atoms with E-state index in [0.717, 1.165) is 11.3 Å². The van der Waals surface area contributed by atoms with E-state index in [1.54, 1.807) is 0 Å². The molecule has 0 spiro atoms. The molecule has 0 bridgehead atoms. The van der Waals surface area contributed by atoms with Crippen LogP contribution in [0, 0.1) is 0 Å². The molecule has 4 heteroatoms. The van der Waals surface area contributed by atoms with E-state index in [1.165, 1.54) is 5.56 Å². The average molecular weight is 333 g/mol. The molecule has 4 nitrogen and oxygen atoms in total. The molecule has 1 aromatic heterocycles. The summed E-state index contributed by atoms with van der Waals surface area (Å²) in [6.45, 7) is 2.78. The summed E-state index contributed by atoms with van der Waals surface area (Å²) in [6, 6.07) is 20.2. The predicted molar refractivity (Wildman–Crippen MR) is 99.8 cm³/mol. The highest BCUT2D eigenvalue weighted by atomic mass is 16.1. The van der Waals surface area contributed by atoms with Gasteiger partial charge < -0.3 is 5.32 Å². The molecule has 2 aromatic carbocycles. The number of nitrogens with zero attached hydrogens (tertiary/aromatic N) is 2. The van der Waals surface area contributed by atoms with E-state index in [4.69, 9.17) is 0 Å². The van der Waals surface area contributed by atoms with Gasteiger partial charge in [0.1, 0.15) is 0 Å². The molecule has 0 saturated carbocycles. The van der Waals surface area contributed by atoms with Gasteiger partial charge >= 0.3 is 0 Å². The molecule has 128 valence electrons. The van der Waals surface area contributed by atoms with Crippen molar-refractivity contribution < 1.29 is 4.79 Å². The number of benzene rings is 2. The van der Waals surface area contributed by atoms with Crippen molar-refractivity contribution in [3.8, 4) is 5.69 Å². The first-order valence-electron chi connectivity index (χ1n) is 8.63. The van der Waals surface area contributed by atoms with Crippen LogP contribution in [0.15, 0.2) is 73.1 Å². The Bertz CT molecular complexity index is 796. The van der Waals surface area contributed by atoms with E-state index in [0.29, 0.717) is 25.3 Å². The van der Waals surface area contributed by atoms with Crippen LogP contribution < -0.4 is 5.32 Å². The van der Waals surface area contributed by atoms with Crippen molar-refractivity contribution in [3.63, 3.8) is 0 Å². The Labute approximate surface area is 148 Å². The highest BCUT2D eigenvalue weighted by Gasteiger charge is 2.08. The Morgan fingerprint density at radius 3 is 2.48 bits per heavy atom. The molecule has 0 aliphatic heterocycles. The van der Waals surface area contributed by atoms with Gasteiger partial charge in [-0.1, -0.05) is 55.5 Å². The Morgan fingerprint density at radius 1 is 1.08 bits per heavy atom. The topological polar surface area (TPSA) is 46.9 Å². The van der Waals surface area contributed by atoms with Gasteiger partial charge in [0.05, 0.1) is 11.9 Å². The number of para-hydroxylation sites is 1. The zero-order valence-corrected chi connectivity index (χ0v) is 14.4. The van der Waals surface area contributed by atoms with Crippen LogP contribution in [0.5, 0.6) is 0 Å². The molecule has 0 aliphatic rings. The van der Waals surface area contributed by atoms with E-state index < -0.39 is 0 Å². The summed E-state index contributed by atoms with van der Waals surface area (Å²) in [7, 11) is 0. The second-order valence-electron chi connectivity index (χ2n) is 6.24. The van der Waals surface area contributed by atoms with Gasteiger partial charge in [0.15, 0.2) is 0 Å². The molecule has 1 heterocycles. The number of aromatic nitrogens is 2. The first-order chi connectivity index (χ1) is 12.2. The van der Waals surface area contributed by atoms with E-state index in [9.17, 15) is 4.79 Å². The van der Waals surface area contributed by atoms with Crippen LogP contribution >= 0.6 is 0 Å². The Balaban J connectivity index is 1.46. The molecule has 3 aromatic rings. The first-order valence-corrected chi connectivity index (χ1v) is 8.63. The van der Waals surface area contributed by atoms with Crippen molar-refractivity contribution in [2.45, 2.75) is 25.7 Å². The van der Waals surface area contributed by atoms with Gasteiger partial charge in [0.2, 0.25) is 5.91 Å². The molecular formula is C21H23N3O. The predicted octanol–water partition coefficient (Wildman–Crippen LogP) is 3.72. The highest BCUT2D eigenvalue weighted by molar-refractivity contribution is 5.76. The van der Waals surface area contributed by atoms with Gasteiger partial charge in [0, 0.05) is 19.2 Å². The molecular weight excluding hydrogens is 310 g/mol. The number of hydrogen-bond acceptors (Lipinski definition) is 2. The fourth-order valence-electron chi connectivity index (χ4n) is 2.72. The number of hydrogen-bond donors (Lipinski definition) is 1. The van der Waals surface area contributed by atoms with Gasteiger partial charge in [0.25, 0.3) is 0 Å². The third kappa shape index (κ3) is 4.80. The average Bonchev–Trinajstić information content (AvgIpc) is 3.15. The smallest absolute Gasteiger partial charge is 0.220 e. The highest BCUT2D eigenvalue weighted by Crippen LogP contribution is 2.13. The quantitative estimate of drug-likeness (QED) is 0.716. The Hall–Kier alpha value is -2.88. The van der Waals surface area contributed by atoms with Gasteiger partial charge in [-0.15, -0.1) is 0 Å². The third-order valence-corrected chi connectivity index (χ3v) is 4.27. The maximum Gasteiger partial charge on any atom is 0.220 e. The normalized spacial score (nSPS) is 11.9. The number of rotatable bonds is 7. The van der Waals surface area contributed by atoms with Crippen molar-refractivity contribution in [3.05, 3.63) is 84.2 Å². The summed E-state index contributed by atoms with van der Waals surface area (Å²) in [4.78, 5) is 12.1. The van der Waals surface area contributed by atoms with Gasteiger partial charge in [-0.05, 0) is 35.6 Å². The van der Waals surface area contributed by atoms with E-state index in [2.05, 4.69) is 29.5 Å². The van der Waals surface area contributed by atoms with Crippen LogP contribution in [0.4, 0.5) is 0 Å². The third-order valence-electron chi connectivity index (χ3n) is 4.27. The van der Waals surface area contributed by atoms with Crippen molar-refractivity contribution in [2.24, 2.45) is 0 Å². The molecule has 1 amide bonds. The summed E-state index contributed by atoms with van der Waals surface area (Å²) in [5.74, 6) is 0.390. The SMILES string of the molecule is C[C@@H](CNC(=O)CCc1cnn(-c2ccccc2)c1)c1ccccc1. The lowest BCUT2D eigenvalue weighted by Gasteiger charge is -2.12. The standard InChI is InChI=1S/C21H23N3O/c1-17(19-8-4-2-5-9-19)14-22-21(25)13-12-18-15-23-24(16-18)20-10-6-3-7-11-20/h2-11,15-17H,12-14H2,1H3,(H,22,25)/t17-/m0/s1. The Morgan fingerprint density at radius 2 is 1.76 bits per heavy atom. The second-order valence-corrected chi connectivity index (χ2v) is 6.24. The van der Waals surface area contributed by atoms with Crippen molar-refractivity contribution in [1.29, 1.82) is 0 Å². The number of carbonyl (C=O) groups is 1. The molecule has 0 saturated heterocycles. The molecule has 0 fully saturated rings. The molecule has 3 rings (SSSR count). The van der Waals surface area contributed by atoms with Crippen LogP contribution in [-0.2, 0) is 11.2 Å². The van der Waals surface area contributed by atoms with Gasteiger partial charge in [-0.2, -0.15) is 5.10 Å². The van der Waals surface area contributed by atoms with Gasteiger partial charge in [-0.3, -0.25) is 4.79 Å². The number of nitrogens with one attached hydrogen (secondary N) is 1. The van der Waals surface area contributed by atoms with Gasteiger partial charge in [-0.25, -0.2) is 4.68 Å². The molecule has 25 heavy (non-hydrogen) atoms. The fraction of sp³-hybridized carbons (Fsp3) is 0.238. The van der Waals surface area contributed by atoms with Crippen molar-refractivity contribution in [2.75, 3.05) is 6.54 Å². The lowest BCUT2D eigenvalue weighted by atomic mass is 10.0. The minimum atomic E-state index is 0.0789. The maximum absolute atomic E-state index is 12.1. The van der Waals surface area contributed by atoms with E-state index in [1.807, 2.05) is 65.6 Å². The molecule has 0 unspecified atom stereocenters. The fourth-order valence-corrected chi connectivity index (χ4v) is 2.72. The summed E-state index contributed by atoms with van der Waals surface area (Å²) in [5.41, 5.74) is 3.33. The molecule has 0 aliphatic carbocycles. The largest absolute Gasteiger partial charge is 0.355 e. The van der Waals surface area contributed by atoms with Crippen LogP contribution in [0.1, 0.15) is 30.4 Å². The number of amides is 1. The summed E-state index contributed by atoms with van der Waals surface area (Å²) in [6.07, 6.45) is 4.97. The summed E-state index contributed by atoms with van der Waals surface area (Å²) >= 11 is 0. The molecule has 0 radical (unpaired) electrons. The van der Waals surface area contributed by atoms with Crippen LogP contribution in [-0.4, -0.2) is 22.2 Å². The van der Waals surface area contributed by atoms with Crippen molar-refractivity contribution >= 4 is 5.91 Å². The molecule has 1 atom stereocenters. The molecule has 1 N–H and O–H groups in total. The number of carbonyl (C=O) groups excluding carboxylic acids is 1. The summed E-state index contributed by atoms with van der Waals surface area (Å²) in [5, 5.41) is 7.39. The van der Waals surface area contributed by atoms with Crippen LogP contribution in [0.3, 0.4) is 0 Å². The minimum absolute atomic E-state index is 0.0789. The maximum atomic E-state index is 12.1. The van der Waals surface area contributed by atoms with E-state index >= 15 is 0 Å². The lowest BCUT2D eigenvalue weighted by molar-refractivity contribution is -0.121. The zero-order valence-electron chi connectivity index (χ0n) is 14.4. The van der Waals surface area contributed by atoms with Crippen molar-refractivity contribution in [1.82, 2.24) is 15.1 Å². The second kappa shape index (κ2) is 8.29. The Kier molecular flexibility index (Phi) is 5.62. The monoisotopic (exact) mass is 333 g/mol. The van der Waals surface area contributed by atoms with Crippen LogP contribution in [0.2, 0.25) is 0 Å². The number of aryl methyl sites for hydroxylation is 1. The first kappa shape index (κ1) is 17.0.